The number of nitrogen functional groups attached to an aromatic ring is 1. The molecule has 4 nitrogen and oxygen atoms in total. The van der Waals surface area contributed by atoms with Crippen molar-refractivity contribution in [2.24, 2.45) is 5.92 Å². The molecule has 2 rings (SSSR count). The molecule has 104 valence electrons. The van der Waals surface area contributed by atoms with Gasteiger partial charge in [0.15, 0.2) is 0 Å². The Bertz CT molecular complexity index is 438. The van der Waals surface area contributed by atoms with Crippen LogP contribution in [0.2, 0.25) is 0 Å². The second-order valence-electron chi connectivity index (χ2n) is 5.71. The average molecular weight is 261 g/mol. The summed E-state index contributed by atoms with van der Waals surface area (Å²) in [4.78, 5) is 16.3. The van der Waals surface area contributed by atoms with Crippen LogP contribution in [0.3, 0.4) is 0 Å². The summed E-state index contributed by atoms with van der Waals surface area (Å²) in [6.45, 7) is 4.14. The fourth-order valence-electron chi connectivity index (χ4n) is 2.73. The van der Waals surface area contributed by atoms with Crippen molar-refractivity contribution in [2.45, 2.75) is 52.0 Å². The Balaban J connectivity index is 2.00. The van der Waals surface area contributed by atoms with Crippen LogP contribution < -0.4 is 11.1 Å². The number of rotatable bonds is 2. The average Bonchev–Trinajstić information content (AvgIpc) is 2.53. The van der Waals surface area contributed by atoms with Gasteiger partial charge in [0.2, 0.25) is 0 Å². The minimum atomic E-state index is -0.0308. The van der Waals surface area contributed by atoms with Gasteiger partial charge in [-0.1, -0.05) is 19.8 Å². The SMILES string of the molecule is Cc1cc(C(=O)NC2CCCC(C)CC2)cc(N)n1. The number of aromatic nitrogens is 1. The van der Waals surface area contributed by atoms with Crippen LogP contribution in [0.5, 0.6) is 0 Å². The van der Waals surface area contributed by atoms with E-state index in [0.29, 0.717) is 17.4 Å². The monoisotopic (exact) mass is 261 g/mol. The van der Waals surface area contributed by atoms with E-state index in [1.54, 1.807) is 12.1 Å². The van der Waals surface area contributed by atoms with E-state index in [2.05, 4.69) is 17.2 Å². The van der Waals surface area contributed by atoms with Crippen molar-refractivity contribution in [3.05, 3.63) is 23.4 Å². The number of nitrogens with two attached hydrogens (primary N) is 1. The highest BCUT2D eigenvalue weighted by atomic mass is 16.1. The molecule has 0 aliphatic heterocycles. The van der Waals surface area contributed by atoms with Crippen molar-refractivity contribution in [3.8, 4) is 0 Å². The number of pyridine rings is 1. The van der Waals surface area contributed by atoms with Gasteiger partial charge in [0.25, 0.3) is 5.91 Å². The Morgan fingerprint density at radius 3 is 2.84 bits per heavy atom. The lowest BCUT2D eigenvalue weighted by molar-refractivity contribution is 0.0933. The summed E-state index contributed by atoms with van der Waals surface area (Å²) >= 11 is 0. The zero-order chi connectivity index (χ0) is 13.8. The van der Waals surface area contributed by atoms with Gasteiger partial charge in [0, 0.05) is 17.3 Å². The standard InChI is InChI=1S/C15H23N3O/c1-10-4-3-5-13(7-6-10)18-15(19)12-8-11(2)17-14(16)9-12/h8-10,13H,3-7H2,1-2H3,(H2,16,17)(H,18,19). The second kappa shape index (κ2) is 6.04. The molecule has 0 spiro atoms. The van der Waals surface area contributed by atoms with Gasteiger partial charge in [-0.15, -0.1) is 0 Å². The smallest absolute Gasteiger partial charge is 0.251 e. The molecule has 1 aliphatic carbocycles. The van der Waals surface area contributed by atoms with Crippen molar-refractivity contribution >= 4 is 11.7 Å². The summed E-state index contributed by atoms with van der Waals surface area (Å²) in [5.74, 6) is 1.15. The molecule has 2 atom stereocenters. The van der Waals surface area contributed by atoms with Crippen LogP contribution in [0.25, 0.3) is 0 Å². The zero-order valence-corrected chi connectivity index (χ0v) is 11.8. The number of carbonyl (C=O) groups excluding carboxylic acids is 1. The molecule has 1 aliphatic rings. The minimum absolute atomic E-state index is 0.0308. The maximum absolute atomic E-state index is 12.2. The highest BCUT2D eigenvalue weighted by Crippen LogP contribution is 2.22. The maximum atomic E-state index is 12.2. The van der Waals surface area contributed by atoms with Crippen LogP contribution in [0, 0.1) is 12.8 Å². The molecule has 1 aromatic rings. The molecule has 0 radical (unpaired) electrons. The molecule has 0 saturated heterocycles. The Morgan fingerprint density at radius 2 is 2.11 bits per heavy atom. The number of hydrogen-bond donors (Lipinski definition) is 2. The van der Waals surface area contributed by atoms with Crippen molar-refractivity contribution in [1.82, 2.24) is 10.3 Å². The van der Waals surface area contributed by atoms with Crippen molar-refractivity contribution in [2.75, 3.05) is 5.73 Å². The quantitative estimate of drug-likeness (QED) is 0.804. The molecule has 0 bridgehead atoms. The first-order valence-corrected chi connectivity index (χ1v) is 7.09. The molecular formula is C15H23N3O. The molecule has 2 unspecified atom stereocenters. The zero-order valence-electron chi connectivity index (χ0n) is 11.8. The number of nitrogens with zero attached hydrogens (tertiary/aromatic N) is 1. The Hall–Kier alpha value is -1.58. The molecule has 19 heavy (non-hydrogen) atoms. The summed E-state index contributed by atoms with van der Waals surface area (Å²) in [5, 5.41) is 3.13. The number of amides is 1. The summed E-state index contributed by atoms with van der Waals surface area (Å²) in [7, 11) is 0. The Kier molecular flexibility index (Phi) is 4.40. The fraction of sp³-hybridized carbons (Fsp3) is 0.600. The van der Waals surface area contributed by atoms with Gasteiger partial charge >= 0.3 is 0 Å². The van der Waals surface area contributed by atoms with E-state index < -0.39 is 0 Å². The Labute approximate surface area is 114 Å². The van der Waals surface area contributed by atoms with Crippen molar-refractivity contribution < 1.29 is 4.79 Å². The van der Waals surface area contributed by atoms with Gasteiger partial charge in [-0.2, -0.15) is 0 Å². The topological polar surface area (TPSA) is 68.0 Å². The number of aryl methyl sites for hydroxylation is 1. The molecule has 1 saturated carbocycles. The van der Waals surface area contributed by atoms with Gasteiger partial charge in [0.1, 0.15) is 5.82 Å². The summed E-state index contributed by atoms with van der Waals surface area (Å²) in [6.07, 6.45) is 5.82. The number of hydrogen-bond acceptors (Lipinski definition) is 3. The van der Waals surface area contributed by atoms with Gasteiger partial charge in [-0.3, -0.25) is 4.79 Å². The summed E-state index contributed by atoms with van der Waals surface area (Å²) in [6, 6.07) is 3.72. The van der Waals surface area contributed by atoms with E-state index in [4.69, 9.17) is 5.73 Å². The maximum Gasteiger partial charge on any atom is 0.251 e. The van der Waals surface area contributed by atoms with Crippen molar-refractivity contribution in [3.63, 3.8) is 0 Å². The van der Waals surface area contributed by atoms with Gasteiger partial charge in [0.05, 0.1) is 0 Å². The number of anilines is 1. The van der Waals surface area contributed by atoms with E-state index in [0.717, 1.165) is 24.5 Å². The van der Waals surface area contributed by atoms with Gasteiger partial charge in [-0.05, 0) is 44.2 Å². The summed E-state index contributed by atoms with van der Waals surface area (Å²) in [5.41, 5.74) is 7.07. The molecule has 1 amide bonds. The minimum Gasteiger partial charge on any atom is -0.384 e. The van der Waals surface area contributed by atoms with E-state index in [1.165, 1.54) is 19.3 Å². The molecule has 3 N–H and O–H groups in total. The fourth-order valence-corrected chi connectivity index (χ4v) is 2.73. The van der Waals surface area contributed by atoms with Crippen LogP contribution in [0.4, 0.5) is 5.82 Å². The lowest BCUT2D eigenvalue weighted by Crippen LogP contribution is -2.34. The molecule has 1 heterocycles. The molecule has 1 fully saturated rings. The van der Waals surface area contributed by atoms with Crippen LogP contribution in [0.15, 0.2) is 12.1 Å². The lowest BCUT2D eigenvalue weighted by Gasteiger charge is -2.16. The van der Waals surface area contributed by atoms with Crippen LogP contribution in [-0.2, 0) is 0 Å². The molecular weight excluding hydrogens is 238 g/mol. The Morgan fingerprint density at radius 1 is 1.32 bits per heavy atom. The third-order valence-electron chi connectivity index (χ3n) is 3.83. The normalized spacial score (nSPS) is 23.7. The first-order valence-electron chi connectivity index (χ1n) is 7.09. The largest absolute Gasteiger partial charge is 0.384 e. The second-order valence-corrected chi connectivity index (χ2v) is 5.71. The van der Waals surface area contributed by atoms with E-state index in [9.17, 15) is 4.79 Å². The number of nitrogens with one attached hydrogen (secondary N) is 1. The summed E-state index contributed by atoms with van der Waals surface area (Å²) < 4.78 is 0. The first-order chi connectivity index (χ1) is 9.04. The number of carbonyl (C=O) groups is 1. The third-order valence-corrected chi connectivity index (χ3v) is 3.83. The van der Waals surface area contributed by atoms with Crippen LogP contribution >= 0.6 is 0 Å². The lowest BCUT2D eigenvalue weighted by atomic mass is 10.0. The van der Waals surface area contributed by atoms with Crippen LogP contribution in [0.1, 0.15) is 55.1 Å². The third kappa shape index (κ3) is 3.94. The van der Waals surface area contributed by atoms with E-state index in [1.807, 2.05) is 6.92 Å². The van der Waals surface area contributed by atoms with Gasteiger partial charge in [-0.25, -0.2) is 4.98 Å². The van der Waals surface area contributed by atoms with Crippen LogP contribution in [-0.4, -0.2) is 16.9 Å². The van der Waals surface area contributed by atoms with E-state index >= 15 is 0 Å². The highest BCUT2D eigenvalue weighted by molar-refractivity contribution is 5.95. The molecule has 1 aromatic heterocycles. The predicted octanol–water partition coefficient (Wildman–Crippen LogP) is 2.67. The first kappa shape index (κ1) is 13.8. The predicted molar refractivity (Wildman–Crippen MR) is 76.9 cm³/mol. The van der Waals surface area contributed by atoms with Gasteiger partial charge < -0.3 is 11.1 Å². The highest BCUT2D eigenvalue weighted by Gasteiger charge is 2.18. The van der Waals surface area contributed by atoms with Crippen molar-refractivity contribution in [1.29, 1.82) is 0 Å². The van der Waals surface area contributed by atoms with E-state index in [-0.39, 0.29) is 5.91 Å². The molecule has 4 heteroatoms. The molecule has 0 aromatic carbocycles.